The minimum atomic E-state index is -1.18. The van der Waals surface area contributed by atoms with Gasteiger partial charge in [0.1, 0.15) is 30.2 Å². The number of aliphatic imine (C=N–C) groups is 1. The van der Waals surface area contributed by atoms with Crippen molar-refractivity contribution >= 4 is 52.3 Å². The first kappa shape index (κ1) is 47.4. The number of hydrogen-bond donors (Lipinski definition) is 10. The van der Waals surface area contributed by atoms with Gasteiger partial charge in [-0.3, -0.25) is 33.8 Å². The minimum Gasteiger partial charge on any atom is -0.370 e. The molecule has 17 heteroatoms. The molecule has 0 fully saturated rings. The molecule has 0 aliphatic heterocycles. The molecule has 7 atom stereocenters. The number of aromatic amines is 1. The van der Waals surface area contributed by atoms with E-state index in [4.69, 9.17) is 22.9 Å². The van der Waals surface area contributed by atoms with E-state index in [1.807, 2.05) is 37.3 Å². The molecule has 0 aliphatic carbocycles. The summed E-state index contributed by atoms with van der Waals surface area (Å²) in [6.45, 7) is 7.62. The number of hydrogen-bond acceptors (Lipinski definition) is 8. The smallest absolute Gasteiger partial charge is 0.243 e. The number of nitrogens with one attached hydrogen (secondary N) is 6. The van der Waals surface area contributed by atoms with E-state index in [2.05, 4.69) is 36.6 Å². The number of para-hydroxylation sites is 1. The summed E-state index contributed by atoms with van der Waals surface area (Å²) >= 11 is 0. The number of amides is 6. The van der Waals surface area contributed by atoms with Crippen molar-refractivity contribution in [2.45, 2.75) is 109 Å². The van der Waals surface area contributed by atoms with Crippen LogP contribution in [0.25, 0.3) is 10.9 Å². The van der Waals surface area contributed by atoms with Crippen molar-refractivity contribution in [1.82, 2.24) is 31.6 Å². The van der Waals surface area contributed by atoms with Crippen molar-refractivity contribution < 1.29 is 28.8 Å². The molecule has 0 saturated carbocycles. The lowest BCUT2D eigenvalue weighted by molar-refractivity contribution is -0.135. The predicted octanol–water partition coefficient (Wildman–Crippen LogP) is 0.747. The molecule has 1 aromatic heterocycles. The quantitative estimate of drug-likeness (QED) is 0.0327. The second kappa shape index (κ2) is 24.1. The number of guanidine groups is 1. The van der Waals surface area contributed by atoms with Crippen LogP contribution < -0.4 is 49.5 Å². The van der Waals surface area contributed by atoms with Gasteiger partial charge in [0.2, 0.25) is 35.4 Å². The number of aromatic nitrogens is 1. The van der Waals surface area contributed by atoms with Crippen LogP contribution >= 0.6 is 0 Å². The fourth-order valence-corrected chi connectivity index (χ4v) is 6.53. The highest BCUT2D eigenvalue weighted by Gasteiger charge is 2.33. The Balaban J connectivity index is 1.84. The molecule has 17 nitrogen and oxygen atoms in total. The van der Waals surface area contributed by atoms with Crippen LogP contribution in [0.5, 0.6) is 0 Å². The fraction of sp³-hybridized carbons (Fsp3) is 0.500. The van der Waals surface area contributed by atoms with E-state index in [1.165, 1.54) is 6.92 Å². The van der Waals surface area contributed by atoms with Crippen LogP contribution in [0.2, 0.25) is 0 Å². The normalized spacial score (nSPS) is 14.7. The Labute approximate surface area is 346 Å². The van der Waals surface area contributed by atoms with E-state index in [-0.39, 0.29) is 37.0 Å². The summed E-state index contributed by atoms with van der Waals surface area (Å²) in [5, 5.41) is 14.7. The van der Waals surface area contributed by atoms with Crippen LogP contribution in [0, 0.1) is 11.8 Å². The van der Waals surface area contributed by atoms with Crippen molar-refractivity contribution in [2.24, 2.45) is 39.8 Å². The Morgan fingerprint density at radius 1 is 0.678 bits per heavy atom. The third kappa shape index (κ3) is 15.4. The number of unbranched alkanes of at least 4 members (excludes halogenated alkanes) is 1. The van der Waals surface area contributed by atoms with Crippen LogP contribution in [0.1, 0.15) is 77.3 Å². The van der Waals surface area contributed by atoms with E-state index in [0.717, 1.165) is 22.0 Å². The highest BCUT2D eigenvalue weighted by molar-refractivity contribution is 5.97. The number of nitrogens with two attached hydrogens (primary N) is 4. The van der Waals surface area contributed by atoms with Gasteiger partial charge < -0.3 is 54.5 Å². The first-order chi connectivity index (χ1) is 28.1. The Morgan fingerprint density at radius 2 is 1.29 bits per heavy atom. The van der Waals surface area contributed by atoms with Gasteiger partial charge in [0, 0.05) is 42.4 Å². The van der Waals surface area contributed by atoms with E-state index < -0.39 is 65.7 Å². The van der Waals surface area contributed by atoms with Gasteiger partial charge in [0.25, 0.3) is 0 Å². The molecule has 1 heterocycles. The van der Waals surface area contributed by atoms with E-state index in [1.54, 1.807) is 44.3 Å². The molecule has 14 N–H and O–H groups in total. The lowest BCUT2D eigenvalue weighted by atomic mass is 9.97. The first-order valence-corrected chi connectivity index (χ1v) is 20.3. The van der Waals surface area contributed by atoms with Crippen LogP contribution in [-0.4, -0.2) is 89.7 Å². The van der Waals surface area contributed by atoms with Gasteiger partial charge in [-0.25, -0.2) is 0 Å². The van der Waals surface area contributed by atoms with Crippen molar-refractivity contribution in [1.29, 1.82) is 0 Å². The van der Waals surface area contributed by atoms with Gasteiger partial charge in [-0.1, -0.05) is 75.7 Å². The third-order valence-corrected chi connectivity index (χ3v) is 10.3. The van der Waals surface area contributed by atoms with Crippen molar-refractivity contribution in [3.05, 3.63) is 71.9 Å². The number of H-pyrrole nitrogens is 1. The standard InChI is InChI=1S/C42H63N11O6/c1-5-25(2)35(36(44)54)53-41(59)33(22-28-15-7-6-8-16-28)51-38(56)27(4)49-40(58)34(23-29-24-48-31-18-10-9-17-30(29)31)52-39(57)32(19-11-12-20-43)50-37(55)26(3)14-13-21-47-42(45)46/h6-10,15-18,24-27,32-35,48H,5,11-14,19-23,43H2,1-4H3,(H2,44,54)(H,49,58)(H,50,55)(H,51,56)(H,52,57)(H,53,59)(H4,45,46,47)/t25-,26-,27-,32-,33-,34-,35-/m0/s1. The molecule has 322 valence electrons. The number of benzene rings is 2. The number of rotatable bonds is 25. The second-order valence-corrected chi connectivity index (χ2v) is 15.1. The number of carbonyl (C=O) groups excluding carboxylic acids is 6. The third-order valence-electron chi connectivity index (χ3n) is 10.3. The van der Waals surface area contributed by atoms with Crippen LogP contribution in [-0.2, 0) is 41.6 Å². The van der Waals surface area contributed by atoms with Gasteiger partial charge in [-0.2, -0.15) is 0 Å². The lowest BCUT2D eigenvalue weighted by Crippen LogP contribution is -2.59. The molecule has 6 amide bonds. The average Bonchev–Trinajstić information content (AvgIpc) is 3.62. The minimum absolute atomic E-state index is 0.0353. The lowest BCUT2D eigenvalue weighted by Gasteiger charge is -2.27. The zero-order valence-corrected chi connectivity index (χ0v) is 34.6. The van der Waals surface area contributed by atoms with Crippen molar-refractivity contribution in [3.63, 3.8) is 0 Å². The molecule has 0 bridgehead atoms. The topological polar surface area (TPSA) is 295 Å². The molecule has 2 aromatic carbocycles. The Bertz CT molecular complexity index is 1880. The highest BCUT2D eigenvalue weighted by Crippen LogP contribution is 2.20. The van der Waals surface area contributed by atoms with E-state index >= 15 is 0 Å². The summed E-state index contributed by atoms with van der Waals surface area (Å²) in [7, 11) is 0. The van der Waals surface area contributed by atoms with Crippen molar-refractivity contribution in [2.75, 3.05) is 13.1 Å². The first-order valence-electron chi connectivity index (χ1n) is 20.3. The summed E-state index contributed by atoms with van der Waals surface area (Å²) in [6.07, 6.45) is 4.92. The fourth-order valence-electron chi connectivity index (χ4n) is 6.53. The SMILES string of the molecule is CC[C@H](C)[C@H](NC(=O)[C@H](Cc1ccccc1)NC(=O)[C@H](C)NC(=O)[C@H](Cc1c[nH]c2ccccc12)NC(=O)[C@H](CCCCN)NC(=O)[C@@H](C)CCCN=C(N)N)C(N)=O. The Kier molecular flexibility index (Phi) is 19.3. The van der Waals surface area contributed by atoms with Gasteiger partial charge in [-0.05, 0) is 68.7 Å². The molecule has 0 saturated heterocycles. The van der Waals surface area contributed by atoms with Gasteiger partial charge in [-0.15, -0.1) is 0 Å². The zero-order chi connectivity index (χ0) is 43.5. The Hall–Kier alpha value is -5.97. The predicted molar refractivity (Wildman–Crippen MR) is 228 cm³/mol. The summed E-state index contributed by atoms with van der Waals surface area (Å²) < 4.78 is 0. The summed E-state index contributed by atoms with van der Waals surface area (Å²) in [4.78, 5) is 88.2. The molecule has 59 heavy (non-hydrogen) atoms. The van der Waals surface area contributed by atoms with E-state index in [9.17, 15) is 28.8 Å². The molecule has 3 aromatic rings. The van der Waals surface area contributed by atoms with E-state index in [0.29, 0.717) is 45.2 Å². The number of carbonyl (C=O) groups is 6. The largest absolute Gasteiger partial charge is 0.370 e. The van der Waals surface area contributed by atoms with Crippen LogP contribution in [0.4, 0.5) is 0 Å². The number of fused-ring (bicyclic) bond motifs is 1. The van der Waals surface area contributed by atoms with Crippen LogP contribution in [0.3, 0.4) is 0 Å². The molecule has 0 radical (unpaired) electrons. The van der Waals surface area contributed by atoms with Gasteiger partial charge >= 0.3 is 0 Å². The zero-order valence-electron chi connectivity index (χ0n) is 34.6. The molecular weight excluding hydrogens is 755 g/mol. The maximum Gasteiger partial charge on any atom is 0.243 e. The van der Waals surface area contributed by atoms with Crippen molar-refractivity contribution in [3.8, 4) is 0 Å². The maximum absolute atomic E-state index is 14.1. The number of primary amides is 1. The highest BCUT2D eigenvalue weighted by atomic mass is 16.2. The Morgan fingerprint density at radius 3 is 1.95 bits per heavy atom. The maximum atomic E-state index is 14.1. The molecule has 3 rings (SSSR count). The molecular formula is C42H63N11O6. The monoisotopic (exact) mass is 817 g/mol. The van der Waals surface area contributed by atoms with Crippen LogP contribution in [0.15, 0.2) is 65.8 Å². The van der Waals surface area contributed by atoms with Gasteiger partial charge in [0.15, 0.2) is 5.96 Å². The molecule has 0 aliphatic rings. The molecule has 0 spiro atoms. The summed E-state index contributed by atoms with van der Waals surface area (Å²) in [6, 6.07) is 11.1. The molecule has 0 unspecified atom stereocenters. The summed E-state index contributed by atoms with van der Waals surface area (Å²) in [5.41, 5.74) is 24.5. The second-order valence-electron chi connectivity index (χ2n) is 15.1. The summed E-state index contributed by atoms with van der Waals surface area (Å²) in [5.74, 6) is -4.32. The van der Waals surface area contributed by atoms with Gasteiger partial charge in [0.05, 0.1) is 0 Å². The average molecular weight is 818 g/mol. The number of nitrogens with zero attached hydrogens (tertiary/aromatic N) is 1.